The predicted octanol–water partition coefficient (Wildman–Crippen LogP) is 3.83. The monoisotopic (exact) mass is 286 g/mol. The normalized spacial score (nSPS) is 10.2. The molecule has 0 unspecified atom stereocenters. The molecule has 1 N–H and O–H groups in total. The highest BCUT2D eigenvalue weighted by atomic mass is 16.6. The Labute approximate surface area is 123 Å². The Morgan fingerprint density at radius 2 is 1.95 bits per heavy atom. The van der Waals surface area contributed by atoms with Gasteiger partial charge in [-0.2, -0.15) is 0 Å². The Kier molecular flexibility index (Phi) is 4.42. The Balaban J connectivity index is 2.21. The Hall–Kier alpha value is -2.56. The fourth-order valence-electron chi connectivity index (χ4n) is 2.09. The summed E-state index contributed by atoms with van der Waals surface area (Å²) in [6.07, 6.45) is 0. The average Bonchev–Trinajstić information content (AvgIpc) is 2.47. The number of nitrogens with zero attached hydrogens (tertiary/aromatic N) is 1. The van der Waals surface area contributed by atoms with Crippen molar-refractivity contribution >= 4 is 11.4 Å². The maximum Gasteiger partial charge on any atom is 0.273 e. The van der Waals surface area contributed by atoms with Crippen molar-refractivity contribution < 1.29 is 9.66 Å². The van der Waals surface area contributed by atoms with Crippen LogP contribution in [0.2, 0.25) is 0 Å². The summed E-state index contributed by atoms with van der Waals surface area (Å²) in [6.45, 7) is 4.55. The first-order valence-electron chi connectivity index (χ1n) is 6.63. The van der Waals surface area contributed by atoms with E-state index in [0.717, 1.165) is 16.8 Å². The minimum absolute atomic E-state index is 0.0344. The third-order valence-corrected chi connectivity index (χ3v) is 3.27. The fourth-order valence-corrected chi connectivity index (χ4v) is 2.09. The van der Waals surface area contributed by atoms with Gasteiger partial charge in [0.05, 0.1) is 18.1 Å². The number of nitrogens with one attached hydrogen (secondary N) is 1. The molecule has 21 heavy (non-hydrogen) atoms. The van der Waals surface area contributed by atoms with E-state index in [4.69, 9.17) is 4.74 Å². The lowest BCUT2D eigenvalue weighted by Crippen LogP contribution is -2.02. The first-order valence-corrected chi connectivity index (χ1v) is 6.63. The SMILES string of the molecule is COc1cc(CNc2cc(C)ccc2C)cc([N+](=O)[O-])c1. The van der Waals surface area contributed by atoms with Gasteiger partial charge in [-0.15, -0.1) is 0 Å². The van der Waals surface area contributed by atoms with Crippen LogP contribution >= 0.6 is 0 Å². The smallest absolute Gasteiger partial charge is 0.273 e. The van der Waals surface area contributed by atoms with Crippen molar-refractivity contribution in [3.63, 3.8) is 0 Å². The summed E-state index contributed by atoms with van der Waals surface area (Å²) in [5, 5.41) is 14.2. The number of nitro benzene ring substituents is 1. The first-order chi connectivity index (χ1) is 9.99. The Morgan fingerprint density at radius 1 is 1.19 bits per heavy atom. The molecule has 0 saturated carbocycles. The molecule has 2 aromatic carbocycles. The molecule has 0 radical (unpaired) electrons. The van der Waals surface area contributed by atoms with Gasteiger partial charge in [0.25, 0.3) is 5.69 Å². The van der Waals surface area contributed by atoms with Gasteiger partial charge in [0, 0.05) is 18.3 Å². The van der Waals surface area contributed by atoms with Crippen LogP contribution in [0.3, 0.4) is 0 Å². The molecule has 0 aliphatic heterocycles. The van der Waals surface area contributed by atoms with Crippen LogP contribution in [0.25, 0.3) is 0 Å². The molecule has 0 saturated heterocycles. The minimum Gasteiger partial charge on any atom is -0.496 e. The van der Waals surface area contributed by atoms with E-state index in [1.807, 2.05) is 19.9 Å². The fraction of sp³-hybridized carbons (Fsp3) is 0.250. The van der Waals surface area contributed by atoms with Crippen molar-refractivity contribution in [2.75, 3.05) is 12.4 Å². The van der Waals surface area contributed by atoms with E-state index >= 15 is 0 Å². The molecule has 5 nitrogen and oxygen atoms in total. The molecule has 5 heteroatoms. The van der Waals surface area contributed by atoms with E-state index in [0.29, 0.717) is 12.3 Å². The maximum absolute atomic E-state index is 10.9. The molecule has 110 valence electrons. The van der Waals surface area contributed by atoms with Gasteiger partial charge in [-0.3, -0.25) is 10.1 Å². The van der Waals surface area contributed by atoms with Crippen molar-refractivity contribution in [2.24, 2.45) is 0 Å². The van der Waals surface area contributed by atoms with Crippen molar-refractivity contribution in [1.29, 1.82) is 0 Å². The topological polar surface area (TPSA) is 64.4 Å². The van der Waals surface area contributed by atoms with Crippen LogP contribution in [0, 0.1) is 24.0 Å². The lowest BCUT2D eigenvalue weighted by atomic mass is 10.1. The summed E-state index contributed by atoms with van der Waals surface area (Å²) in [4.78, 5) is 10.5. The first kappa shape index (κ1) is 14.8. The number of nitro groups is 1. The van der Waals surface area contributed by atoms with Gasteiger partial charge in [-0.25, -0.2) is 0 Å². The second-order valence-electron chi connectivity index (χ2n) is 4.97. The second kappa shape index (κ2) is 6.26. The van der Waals surface area contributed by atoms with Gasteiger partial charge in [-0.05, 0) is 42.7 Å². The van der Waals surface area contributed by atoms with Crippen LogP contribution in [0.5, 0.6) is 5.75 Å². The molecular formula is C16H18N2O3. The van der Waals surface area contributed by atoms with Crippen LogP contribution < -0.4 is 10.1 Å². The number of rotatable bonds is 5. The minimum atomic E-state index is -0.413. The summed E-state index contributed by atoms with van der Waals surface area (Å²) in [5.41, 5.74) is 4.17. The zero-order chi connectivity index (χ0) is 15.4. The standard InChI is InChI=1S/C16H18N2O3/c1-11-4-5-12(2)16(6-11)17-10-13-7-14(18(19)20)9-15(8-13)21-3/h4-9,17H,10H2,1-3H3. The van der Waals surface area contributed by atoms with Crippen LogP contribution in [-0.4, -0.2) is 12.0 Å². The average molecular weight is 286 g/mol. The maximum atomic E-state index is 10.9. The molecule has 0 heterocycles. The summed E-state index contributed by atoms with van der Waals surface area (Å²) >= 11 is 0. The third-order valence-electron chi connectivity index (χ3n) is 3.27. The van der Waals surface area contributed by atoms with E-state index in [1.54, 1.807) is 12.1 Å². The Bertz CT molecular complexity index is 669. The van der Waals surface area contributed by atoms with Gasteiger partial charge >= 0.3 is 0 Å². The van der Waals surface area contributed by atoms with Crippen molar-refractivity contribution in [3.8, 4) is 5.75 Å². The van der Waals surface area contributed by atoms with E-state index in [9.17, 15) is 10.1 Å². The zero-order valence-corrected chi connectivity index (χ0v) is 12.3. The van der Waals surface area contributed by atoms with E-state index in [1.165, 1.54) is 18.7 Å². The molecule has 0 bridgehead atoms. The largest absolute Gasteiger partial charge is 0.496 e. The van der Waals surface area contributed by atoms with E-state index in [-0.39, 0.29) is 5.69 Å². The number of ether oxygens (including phenoxy) is 1. The second-order valence-corrected chi connectivity index (χ2v) is 4.97. The van der Waals surface area contributed by atoms with Crippen LogP contribution in [0.4, 0.5) is 11.4 Å². The quantitative estimate of drug-likeness (QED) is 0.670. The summed E-state index contributed by atoms with van der Waals surface area (Å²) in [5.74, 6) is 0.488. The number of non-ortho nitro benzene ring substituents is 1. The van der Waals surface area contributed by atoms with Crippen LogP contribution in [0.15, 0.2) is 36.4 Å². The van der Waals surface area contributed by atoms with Gasteiger partial charge in [0.1, 0.15) is 5.75 Å². The van der Waals surface area contributed by atoms with E-state index < -0.39 is 4.92 Å². The zero-order valence-electron chi connectivity index (χ0n) is 12.3. The summed E-state index contributed by atoms with van der Waals surface area (Å²) in [6, 6.07) is 10.9. The number of hydrogen-bond acceptors (Lipinski definition) is 4. The van der Waals surface area contributed by atoms with Crippen LogP contribution in [-0.2, 0) is 6.54 Å². The van der Waals surface area contributed by atoms with Gasteiger partial charge in [-0.1, -0.05) is 12.1 Å². The number of hydrogen-bond donors (Lipinski definition) is 1. The molecule has 0 spiro atoms. The number of methoxy groups -OCH3 is 1. The molecule has 0 aromatic heterocycles. The van der Waals surface area contributed by atoms with Crippen molar-refractivity contribution in [2.45, 2.75) is 20.4 Å². The van der Waals surface area contributed by atoms with Crippen LogP contribution in [0.1, 0.15) is 16.7 Å². The van der Waals surface area contributed by atoms with E-state index in [2.05, 4.69) is 17.4 Å². The number of benzene rings is 2. The van der Waals surface area contributed by atoms with Gasteiger partial charge in [0.2, 0.25) is 0 Å². The number of aryl methyl sites for hydroxylation is 2. The lowest BCUT2D eigenvalue weighted by Gasteiger charge is -2.11. The van der Waals surface area contributed by atoms with Gasteiger partial charge < -0.3 is 10.1 Å². The summed E-state index contributed by atoms with van der Waals surface area (Å²) < 4.78 is 5.11. The Morgan fingerprint density at radius 3 is 2.62 bits per heavy atom. The van der Waals surface area contributed by atoms with Gasteiger partial charge in [0.15, 0.2) is 0 Å². The molecule has 0 atom stereocenters. The highest BCUT2D eigenvalue weighted by Crippen LogP contribution is 2.24. The third kappa shape index (κ3) is 3.72. The molecule has 0 aliphatic rings. The predicted molar refractivity (Wildman–Crippen MR) is 82.9 cm³/mol. The molecule has 0 amide bonds. The molecular weight excluding hydrogens is 268 g/mol. The summed E-state index contributed by atoms with van der Waals surface area (Å²) in [7, 11) is 1.50. The molecule has 2 rings (SSSR count). The van der Waals surface area contributed by atoms with Crippen molar-refractivity contribution in [3.05, 3.63) is 63.2 Å². The van der Waals surface area contributed by atoms with Crippen molar-refractivity contribution in [1.82, 2.24) is 0 Å². The lowest BCUT2D eigenvalue weighted by molar-refractivity contribution is -0.385. The molecule has 2 aromatic rings. The molecule has 0 fully saturated rings. The highest BCUT2D eigenvalue weighted by Gasteiger charge is 2.10. The molecule has 0 aliphatic carbocycles. The number of anilines is 1. The highest BCUT2D eigenvalue weighted by molar-refractivity contribution is 5.53.